The second kappa shape index (κ2) is 10.2. The molecule has 40 heavy (non-hydrogen) atoms. The quantitative estimate of drug-likeness (QED) is 0.457. The van der Waals surface area contributed by atoms with Crippen LogP contribution in [0.2, 0.25) is 0 Å². The van der Waals surface area contributed by atoms with E-state index in [1.165, 1.54) is 0 Å². The molecule has 2 amide bonds. The molecule has 4 heterocycles. The Bertz CT molecular complexity index is 1380. The molecule has 3 aliphatic rings. The molecule has 6 rings (SSSR count). The number of aromatic nitrogens is 2. The molecular weight excluding hydrogens is 502 g/mol. The number of hydrogen-bond donors (Lipinski definition) is 0. The highest BCUT2D eigenvalue weighted by Gasteiger charge is 2.47. The summed E-state index contributed by atoms with van der Waals surface area (Å²) in [7, 11) is 0. The summed E-state index contributed by atoms with van der Waals surface area (Å²) in [6.07, 6.45) is 4.08. The number of carbonyl (C=O) groups is 2. The molecular formula is C32H37N5O3. The molecule has 1 spiro atoms. The average molecular weight is 540 g/mol. The minimum absolute atomic E-state index is 0.0367. The molecule has 3 aromatic rings. The van der Waals surface area contributed by atoms with Gasteiger partial charge in [0, 0.05) is 55.7 Å². The number of hydrogen-bond acceptors (Lipinski definition) is 6. The molecule has 0 radical (unpaired) electrons. The number of piperidine rings is 1. The van der Waals surface area contributed by atoms with E-state index in [9.17, 15) is 9.59 Å². The summed E-state index contributed by atoms with van der Waals surface area (Å²) in [5.41, 5.74) is 4.74. The van der Waals surface area contributed by atoms with Gasteiger partial charge in [0.05, 0.1) is 12.2 Å². The van der Waals surface area contributed by atoms with Gasteiger partial charge in [0.25, 0.3) is 5.91 Å². The molecule has 0 N–H and O–H groups in total. The van der Waals surface area contributed by atoms with Gasteiger partial charge in [0.2, 0.25) is 0 Å². The van der Waals surface area contributed by atoms with Gasteiger partial charge in [-0.25, -0.2) is 14.8 Å². The lowest BCUT2D eigenvalue weighted by atomic mass is 9.72. The molecule has 8 heteroatoms. The van der Waals surface area contributed by atoms with Gasteiger partial charge < -0.3 is 19.4 Å². The summed E-state index contributed by atoms with van der Waals surface area (Å²) < 4.78 is 5.56. The maximum atomic E-state index is 13.5. The number of carbonyl (C=O) groups excluding carboxylic acids is 2. The summed E-state index contributed by atoms with van der Waals surface area (Å²) in [5, 5.41) is 0. The molecule has 0 bridgehead atoms. The lowest BCUT2D eigenvalue weighted by molar-refractivity contribution is 0.00583. The number of likely N-dealkylation sites (tertiary alicyclic amines) is 1. The first-order chi connectivity index (χ1) is 19.2. The van der Waals surface area contributed by atoms with E-state index in [1.807, 2.05) is 73.0 Å². The highest BCUT2D eigenvalue weighted by Crippen LogP contribution is 2.43. The van der Waals surface area contributed by atoms with E-state index in [2.05, 4.69) is 27.0 Å². The minimum atomic E-state index is -0.480. The van der Waals surface area contributed by atoms with Gasteiger partial charge in [-0.1, -0.05) is 42.5 Å². The smallest absolute Gasteiger partial charge is 0.410 e. The van der Waals surface area contributed by atoms with Crippen molar-refractivity contribution >= 4 is 17.8 Å². The Morgan fingerprint density at radius 3 is 2.20 bits per heavy atom. The highest BCUT2D eigenvalue weighted by molar-refractivity contribution is 5.95. The first-order valence-electron chi connectivity index (χ1n) is 14.2. The molecule has 8 nitrogen and oxygen atoms in total. The lowest BCUT2D eigenvalue weighted by Gasteiger charge is -2.54. The fourth-order valence-electron chi connectivity index (χ4n) is 6.11. The molecule has 0 atom stereocenters. The topological polar surface area (TPSA) is 78.9 Å². The standard InChI is InChI=1S/C32H37N5O3/c1-31(2,3)40-30(39)35-17-14-32(15-18-35)20-37(21-32)28-26-19-36(16-13-27(26)33-22-34-28)29(38)25-11-9-24(10-12-25)23-7-5-4-6-8-23/h4-12,22H,13-21H2,1-3H3. The Labute approximate surface area is 236 Å². The number of anilines is 1. The van der Waals surface area contributed by atoms with Crippen molar-refractivity contribution in [1.29, 1.82) is 0 Å². The zero-order valence-corrected chi connectivity index (χ0v) is 23.6. The molecule has 0 aliphatic carbocycles. The zero-order chi connectivity index (χ0) is 27.9. The van der Waals surface area contributed by atoms with E-state index in [1.54, 1.807) is 6.33 Å². The molecule has 208 valence electrons. The third kappa shape index (κ3) is 5.27. The molecule has 2 saturated heterocycles. The number of amides is 2. The van der Waals surface area contributed by atoms with Crippen molar-refractivity contribution in [3.63, 3.8) is 0 Å². The van der Waals surface area contributed by atoms with Crippen molar-refractivity contribution in [3.8, 4) is 11.1 Å². The van der Waals surface area contributed by atoms with Crippen LogP contribution in [0.25, 0.3) is 11.1 Å². The zero-order valence-electron chi connectivity index (χ0n) is 23.6. The van der Waals surface area contributed by atoms with Crippen LogP contribution in [0.15, 0.2) is 60.9 Å². The van der Waals surface area contributed by atoms with Gasteiger partial charge in [-0.15, -0.1) is 0 Å². The summed E-state index contributed by atoms with van der Waals surface area (Å²) in [4.78, 5) is 41.3. The van der Waals surface area contributed by atoms with E-state index >= 15 is 0 Å². The molecule has 2 fully saturated rings. The summed E-state index contributed by atoms with van der Waals surface area (Å²) in [5.74, 6) is 0.983. The second-order valence-corrected chi connectivity index (χ2v) is 12.4. The van der Waals surface area contributed by atoms with Gasteiger partial charge in [0.1, 0.15) is 17.7 Å². The Kier molecular flexibility index (Phi) is 6.72. The monoisotopic (exact) mass is 539 g/mol. The number of fused-ring (bicyclic) bond motifs is 1. The fourth-order valence-corrected chi connectivity index (χ4v) is 6.11. The van der Waals surface area contributed by atoms with Gasteiger partial charge in [-0.3, -0.25) is 4.79 Å². The van der Waals surface area contributed by atoms with Gasteiger partial charge >= 0.3 is 6.09 Å². The summed E-state index contributed by atoms with van der Waals surface area (Å²) in [6, 6.07) is 18.1. The normalized spacial score (nSPS) is 18.2. The first-order valence-corrected chi connectivity index (χ1v) is 14.2. The average Bonchev–Trinajstić information content (AvgIpc) is 2.95. The van der Waals surface area contributed by atoms with E-state index < -0.39 is 5.60 Å². The first kappa shape index (κ1) is 26.3. The van der Waals surface area contributed by atoms with E-state index in [0.29, 0.717) is 18.7 Å². The van der Waals surface area contributed by atoms with Crippen molar-refractivity contribution in [1.82, 2.24) is 19.8 Å². The third-order valence-corrected chi connectivity index (χ3v) is 8.33. The van der Waals surface area contributed by atoms with Crippen LogP contribution in [0.5, 0.6) is 0 Å². The Morgan fingerprint density at radius 1 is 0.850 bits per heavy atom. The van der Waals surface area contributed by atoms with Crippen molar-refractivity contribution in [3.05, 3.63) is 77.7 Å². The predicted molar refractivity (Wildman–Crippen MR) is 154 cm³/mol. The Morgan fingerprint density at radius 2 is 1.52 bits per heavy atom. The Hall–Kier alpha value is -3.94. The predicted octanol–water partition coefficient (Wildman–Crippen LogP) is 5.18. The van der Waals surface area contributed by atoms with Crippen LogP contribution in [-0.2, 0) is 17.7 Å². The largest absolute Gasteiger partial charge is 0.444 e. The molecule has 2 aromatic carbocycles. The molecule has 1 aromatic heterocycles. The second-order valence-electron chi connectivity index (χ2n) is 12.4. The van der Waals surface area contributed by atoms with E-state index in [-0.39, 0.29) is 17.4 Å². The SMILES string of the molecule is CC(C)(C)OC(=O)N1CCC2(CC1)CN(c1ncnc3c1CN(C(=O)c1ccc(-c4ccccc4)cc1)CC3)C2. The van der Waals surface area contributed by atoms with Gasteiger partial charge in [-0.2, -0.15) is 0 Å². The van der Waals surface area contributed by atoms with Crippen LogP contribution in [0, 0.1) is 5.41 Å². The molecule has 3 aliphatic heterocycles. The number of rotatable bonds is 3. The fraction of sp³-hybridized carbons (Fsp3) is 0.438. The maximum Gasteiger partial charge on any atom is 0.410 e. The number of nitrogens with zero attached hydrogens (tertiary/aromatic N) is 5. The van der Waals surface area contributed by atoms with Crippen molar-refractivity contribution < 1.29 is 14.3 Å². The van der Waals surface area contributed by atoms with E-state index in [4.69, 9.17) is 4.74 Å². The van der Waals surface area contributed by atoms with Crippen LogP contribution >= 0.6 is 0 Å². The number of benzene rings is 2. The van der Waals surface area contributed by atoms with Crippen molar-refractivity contribution in [2.75, 3.05) is 37.6 Å². The van der Waals surface area contributed by atoms with Gasteiger partial charge in [-0.05, 0) is 56.9 Å². The van der Waals surface area contributed by atoms with Crippen LogP contribution < -0.4 is 4.90 Å². The maximum absolute atomic E-state index is 13.5. The van der Waals surface area contributed by atoms with Crippen molar-refractivity contribution in [2.24, 2.45) is 5.41 Å². The van der Waals surface area contributed by atoms with Crippen LogP contribution in [0.4, 0.5) is 10.6 Å². The van der Waals surface area contributed by atoms with Gasteiger partial charge in [0.15, 0.2) is 0 Å². The highest BCUT2D eigenvalue weighted by atomic mass is 16.6. The minimum Gasteiger partial charge on any atom is -0.444 e. The third-order valence-electron chi connectivity index (χ3n) is 8.33. The van der Waals surface area contributed by atoms with Crippen molar-refractivity contribution in [2.45, 2.75) is 52.2 Å². The van der Waals surface area contributed by atoms with Crippen LogP contribution in [0.1, 0.15) is 55.2 Å². The van der Waals surface area contributed by atoms with E-state index in [0.717, 1.165) is 73.6 Å². The summed E-state index contributed by atoms with van der Waals surface area (Å²) in [6.45, 7) is 10.1. The summed E-state index contributed by atoms with van der Waals surface area (Å²) >= 11 is 0. The molecule has 0 unspecified atom stereocenters. The molecule has 0 saturated carbocycles. The van der Waals surface area contributed by atoms with Crippen LogP contribution in [0.3, 0.4) is 0 Å². The lowest BCUT2D eigenvalue weighted by Crippen LogP contribution is -2.61. The van der Waals surface area contributed by atoms with Crippen LogP contribution in [-0.4, -0.2) is 70.1 Å². The Balaban J connectivity index is 1.10. The number of ether oxygens (including phenoxy) is 1.